The van der Waals surface area contributed by atoms with E-state index >= 15 is 0 Å². The van der Waals surface area contributed by atoms with E-state index in [1.807, 2.05) is 0 Å². The van der Waals surface area contributed by atoms with Crippen LogP contribution in [-0.2, 0) is 6.18 Å². The molecule has 0 amide bonds. The summed E-state index contributed by atoms with van der Waals surface area (Å²) in [5.41, 5.74) is 12.4. The monoisotopic (exact) mass is 364 g/mol. The summed E-state index contributed by atoms with van der Waals surface area (Å²) in [6.45, 7) is 4.54. The average Bonchev–Trinajstić information content (AvgIpc) is 3.16. The van der Waals surface area contributed by atoms with Crippen LogP contribution in [0, 0.1) is 11.8 Å². The molecule has 1 aromatic carbocycles. The molecule has 2 heterocycles. The summed E-state index contributed by atoms with van der Waals surface area (Å²) in [6, 6.07) is 5.51. The van der Waals surface area contributed by atoms with E-state index in [9.17, 15) is 13.2 Å². The first-order chi connectivity index (χ1) is 11.0. The second-order valence-corrected chi connectivity index (χ2v) is 6.53. The molecule has 0 saturated carbocycles. The van der Waals surface area contributed by atoms with Gasteiger partial charge in [-0.05, 0) is 43.1 Å². The van der Waals surface area contributed by atoms with E-state index in [1.54, 1.807) is 12.1 Å². The molecule has 0 aromatic heterocycles. The van der Waals surface area contributed by atoms with E-state index in [0.29, 0.717) is 11.8 Å². The van der Waals surface area contributed by atoms with Crippen molar-refractivity contribution >= 4 is 12.4 Å². The Labute approximate surface area is 146 Å². The zero-order valence-corrected chi connectivity index (χ0v) is 14.2. The SMILES string of the molecule is Cl.NCC1CCN(CC2CNNC2c2ccc(C(F)(F)F)cc2)C1. The fourth-order valence-corrected chi connectivity index (χ4v) is 3.54. The number of halogens is 4. The van der Waals surface area contributed by atoms with E-state index in [2.05, 4.69) is 15.8 Å². The van der Waals surface area contributed by atoms with Crippen LogP contribution < -0.4 is 16.6 Å². The first-order valence-electron chi connectivity index (χ1n) is 8.05. The number of alkyl halides is 3. The molecule has 2 aliphatic heterocycles. The number of nitrogens with zero attached hydrogens (tertiary/aromatic N) is 1. The lowest BCUT2D eigenvalue weighted by Crippen LogP contribution is -2.32. The molecule has 2 saturated heterocycles. The first kappa shape index (κ1) is 19.5. The average molecular weight is 365 g/mol. The fraction of sp³-hybridized carbons (Fsp3) is 0.625. The molecule has 3 rings (SSSR count). The van der Waals surface area contributed by atoms with E-state index in [4.69, 9.17) is 5.73 Å². The van der Waals surface area contributed by atoms with E-state index < -0.39 is 11.7 Å². The van der Waals surface area contributed by atoms with Gasteiger partial charge in [0.2, 0.25) is 0 Å². The quantitative estimate of drug-likeness (QED) is 0.766. The van der Waals surface area contributed by atoms with Gasteiger partial charge in [-0.2, -0.15) is 13.2 Å². The standard InChI is InChI=1S/C16H23F3N4.ClH/c17-16(18,19)14-3-1-12(2-4-14)15-13(8-21-22-15)10-23-6-5-11(7-20)9-23;/h1-4,11,13,15,21-22H,5-10,20H2;1H. The summed E-state index contributed by atoms with van der Waals surface area (Å²) in [7, 11) is 0. The largest absolute Gasteiger partial charge is 0.416 e. The van der Waals surface area contributed by atoms with E-state index in [1.165, 1.54) is 0 Å². The van der Waals surface area contributed by atoms with Crippen LogP contribution in [0.25, 0.3) is 0 Å². The minimum atomic E-state index is -4.29. The van der Waals surface area contributed by atoms with Crippen LogP contribution in [0.3, 0.4) is 0 Å². The van der Waals surface area contributed by atoms with Crippen LogP contribution in [0.4, 0.5) is 13.2 Å². The number of rotatable bonds is 4. The molecule has 3 unspecified atom stereocenters. The van der Waals surface area contributed by atoms with Crippen molar-refractivity contribution in [3.63, 3.8) is 0 Å². The van der Waals surface area contributed by atoms with Gasteiger partial charge in [0.15, 0.2) is 0 Å². The number of benzene rings is 1. The van der Waals surface area contributed by atoms with Crippen LogP contribution >= 0.6 is 12.4 Å². The summed E-state index contributed by atoms with van der Waals surface area (Å²) < 4.78 is 38.0. The molecule has 4 nitrogen and oxygen atoms in total. The highest BCUT2D eigenvalue weighted by atomic mass is 35.5. The third kappa shape index (κ3) is 4.40. The summed E-state index contributed by atoms with van der Waals surface area (Å²) in [6.07, 6.45) is -3.15. The molecular weight excluding hydrogens is 341 g/mol. The van der Waals surface area contributed by atoms with Gasteiger partial charge in [0.05, 0.1) is 11.6 Å². The van der Waals surface area contributed by atoms with Gasteiger partial charge in [0, 0.05) is 25.6 Å². The molecule has 24 heavy (non-hydrogen) atoms. The third-order valence-corrected chi connectivity index (χ3v) is 4.89. The molecule has 0 bridgehead atoms. The van der Waals surface area contributed by atoms with Crippen molar-refractivity contribution < 1.29 is 13.2 Å². The maximum Gasteiger partial charge on any atom is 0.416 e. The minimum absolute atomic E-state index is 0. The highest BCUT2D eigenvalue weighted by Gasteiger charge is 2.34. The van der Waals surface area contributed by atoms with Crippen molar-refractivity contribution in [1.29, 1.82) is 0 Å². The molecule has 4 N–H and O–H groups in total. The Balaban J connectivity index is 0.00000208. The van der Waals surface area contributed by atoms with Crippen molar-refractivity contribution in [2.24, 2.45) is 17.6 Å². The minimum Gasteiger partial charge on any atom is -0.330 e. The van der Waals surface area contributed by atoms with Gasteiger partial charge in [-0.25, -0.2) is 5.43 Å². The number of hydrogen-bond acceptors (Lipinski definition) is 4. The highest BCUT2D eigenvalue weighted by molar-refractivity contribution is 5.85. The van der Waals surface area contributed by atoms with Gasteiger partial charge in [0.25, 0.3) is 0 Å². The maximum absolute atomic E-state index is 12.7. The number of hydrogen-bond donors (Lipinski definition) is 3. The summed E-state index contributed by atoms with van der Waals surface area (Å²) in [5.74, 6) is 0.908. The molecule has 0 spiro atoms. The van der Waals surface area contributed by atoms with Crippen molar-refractivity contribution in [2.75, 3.05) is 32.7 Å². The van der Waals surface area contributed by atoms with Crippen LogP contribution in [0.2, 0.25) is 0 Å². The van der Waals surface area contributed by atoms with Gasteiger partial charge in [-0.15, -0.1) is 12.4 Å². The van der Waals surface area contributed by atoms with Crippen molar-refractivity contribution in [1.82, 2.24) is 15.8 Å². The lowest BCUT2D eigenvalue weighted by atomic mass is 9.93. The van der Waals surface area contributed by atoms with Crippen LogP contribution in [0.1, 0.15) is 23.6 Å². The molecule has 136 valence electrons. The number of hydrazine groups is 1. The number of likely N-dealkylation sites (tertiary alicyclic amines) is 1. The Bertz CT molecular complexity index is 523. The Kier molecular flexibility index (Phi) is 6.50. The summed E-state index contributed by atoms with van der Waals surface area (Å²) in [4.78, 5) is 2.41. The van der Waals surface area contributed by atoms with E-state index in [-0.39, 0.29) is 18.4 Å². The molecule has 2 aliphatic rings. The molecule has 0 aliphatic carbocycles. The lowest BCUT2D eigenvalue weighted by Gasteiger charge is -2.24. The first-order valence-corrected chi connectivity index (χ1v) is 8.05. The number of nitrogens with two attached hydrogens (primary N) is 1. The molecule has 8 heteroatoms. The van der Waals surface area contributed by atoms with Crippen molar-refractivity contribution in [2.45, 2.75) is 18.6 Å². The Hall–Kier alpha value is -0.860. The lowest BCUT2D eigenvalue weighted by molar-refractivity contribution is -0.137. The third-order valence-electron chi connectivity index (χ3n) is 4.89. The van der Waals surface area contributed by atoms with Gasteiger partial charge in [0.1, 0.15) is 0 Å². The van der Waals surface area contributed by atoms with Gasteiger partial charge >= 0.3 is 6.18 Å². The topological polar surface area (TPSA) is 53.3 Å². The molecular formula is C16H24ClF3N4. The molecule has 1 aromatic rings. The summed E-state index contributed by atoms with van der Waals surface area (Å²) >= 11 is 0. The molecule has 0 radical (unpaired) electrons. The maximum atomic E-state index is 12.7. The zero-order valence-electron chi connectivity index (χ0n) is 13.4. The smallest absolute Gasteiger partial charge is 0.330 e. The molecule has 3 atom stereocenters. The second kappa shape index (κ2) is 8.01. The van der Waals surface area contributed by atoms with Gasteiger partial charge in [-0.3, -0.25) is 5.43 Å². The Morgan fingerprint density at radius 3 is 2.50 bits per heavy atom. The van der Waals surface area contributed by atoms with Crippen LogP contribution in [-0.4, -0.2) is 37.6 Å². The van der Waals surface area contributed by atoms with Crippen molar-refractivity contribution in [3.8, 4) is 0 Å². The Morgan fingerprint density at radius 2 is 1.92 bits per heavy atom. The van der Waals surface area contributed by atoms with Crippen molar-refractivity contribution in [3.05, 3.63) is 35.4 Å². The van der Waals surface area contributed by atoms with Crippen LogP contribution in [0.15, 0.2) is 24.3 Å². The normalized spacial score (nSPS) is 28.1. The summed E-state index contributed by atoms with van der Waals surface area (Å²) in [5, 5.41) is 0. The Morgan fingerprint density at radius 1 is 1.21 bits per heavy atom. The fourth-order valence-electron chi connectivity index (χ4n) is 3.54. The van der Waals surface area contributed by atoms with E-state index in [0.717, 1.165) is 56.8 Å². The predicted octanol–water partition coefficient (Wildman–Crippen LogP) is 2.17. The highest BCUT2D eigenvalue weighted by Crippen LogP contribution is 2.32. The van der Waals surface area contributed by atoms with Gasteiger partial charge in [-0.1, -0.05) is 12.1 Å². The molecule has 2 fully saturated rings. The zero-order chi connectivity index (χ0) is 16.4. The predicted molar refractivity (Wildman–Crippen MR) is 89.7 cm³/mol. The number of nitrogens with one attached hydrogen (secondary N) is 2. The van der Waals surface area contributed by atoms with Gasteiger partial charge < -0.3 is 10.6 Å². The second-order valence-electron chi connectivity index (χ2n) is 6.53. The van der Waals surface area contributed by atoms with Crippen LogP contribution in [0.5, 0.6) is 0 Å².